The minimum Gasteiger partial charge on any atom is -0.462 e. The van der Waals surface area contributed by atoms with Crippen LogP contribution in [0.2, 0.25) is 0 Å². The second kappa shape index (κ2) is 36.1. The summed E-state index contributed by atoms with van der Waals surface area (Å²) in [5, 5.41) is 40.0. The van der Waals surface area contributed by atoms with E-state index >= 15 is 0 Å². The maximum atomic E-state index is 12.7. The molecular formula is C44H84O10. The fourth-order valence-corrected chi connectivity index (χ4v) is 7.13. The molecule has 1 heterocycles. The summed E-state index contributed by atoms with van der Waals surface area (Å²) in [5.41, 5.74) is 0. The number of aliphatic hydroxyl groups is 4. The molecule has 1 aliphatic heterocycles. The highest BCUT2D eigenvalue weighted by Gasteiger charge is 2.44. The normalized spacial score (nSPS) is 20.6. The van der Waals surface area contributed by atoms with Gasteiger partial charge >= 0.3 is 11.9 Å². The van der Waals surface area contributed by atoms with Crippen LogP contribution >= 0.6 is 0 Å². The summed E-state index contributed by atoms with van der Waals surface area (Å²) in [6.45, 7) is 3.42. The molecule has 54 heavy (non-hydrogen) atoms. The van der Waals surface area contributed by atoms with E-state index in [9.17, 15) is 30.0 Å². The van der Waals surface area contributed by atoms with Gasteiger partial charge in [0.15, 0.2) is 12.4 Å². The van der Waals surface area contributed by atoms with Crippen molar-refractivity contribution in [1.82, 2.24) is 0 Å². The van der Waals surface area contributed by atoms with Gasteiger partial charge < -0.3 is 39.4 Å². The first kappa shape index (κ1) is 50.7. The van der Waals surface area contributed by atoms with Crippen LogP contribution in [-0.4, -0.2) is 89.0 Å². The van der Waals surface area contributed by atoms with E-state index < -0.39 is 49.4 Å². The molecular weight excluding hydrogens is 688 g/mol. The molecule has 0 bridgehead atoms. The van der Waals surface area contributed by atoms with Crippen molar-refractivity contribution >= 4 is 11.9 Å². The Kier molecular flexibility index (Phi) is 33.9. The number of aliphatic hydroxyl groups excluding tert-OH is 4. The first-order valence-corrected chi connectivity index (χ1v) is 22.6. The highest BCUT2D eigenvalue weighted by molar-refractivity contribution is 5.70. The summed E-state index contributed by atoms with van der Waals surface area (Å²) in [4.78, 5) is 25.2. The molecule has 0 saturated carbocycles. The smallest absolute Gasteiger partial charge is 0.306 e. The number of rotatable bonds is 38. The summed E-state index contributed by atoms with van der Waals surface area (Å²) in [5.74, 6) is -0.796. The van der Waals surface area contributed by atoms with Crippen molar-refractivity contribution in [3.8, 4) is 0 Å². The Morgan fingerprint density at radius 3 is 1.26 bits per heavy atom. The molecule has 6 atom stereocenters. The van der Waals surface area contributed by atoms with Crippen LogP contribution in [0.5, 0.6) is 0 Å². The van der Waals surface area contributed by atoms with Gasteiger partial charge in [0.1, 0.15) is 31.0 Å². The Morgan fingerprint density at radius 1 is 0.500 bits per heavy atom. The highest BCUT2D eigenvalue weighted by atomic mass is 16.7. The van der Waals surface area contributed by atoms with Crippen LogP contribution in [0.15, 0.2) is 0 Å². The molecule has 1 aliphatic rings. The van der Waals surface area contributed by atoms with E-state index in [4.69, 9.17) is 18.9 Å². The lowest BCUT2D eigenvalue weighted by molar-refractivity contribution is -0.305. The maximum Gasteiger partial charge on any atom is 0.306 e. The number of carbonyl (C=O) groups is 2. The SMILES string of the molecule is CCCCCCCCCCCCCCCCCCCCCCC(=O)OC[C@@H](CO[C@H]1O[C@@H](CO)[C@@H](O)C(O)C1O)OC(=O)CCCCCCCCCCC. The van der Waals surface area contributed by atoms with Crippen LogP contribution in [-0.2, 0) is 28.5 Å². The van der Waals surface area contributed by atoms with Crippen LogP contribution in [0.25, 0.3) is 0 Å². The van der Waals surface area contributed by atoms with E-state index in [1.165, 1.54) is 141 Å². The van der Waals surface area contributed by atoms with Crippen molar-refractivity contribution in [3.05, 3.63) is 0 Å². The van der Waals surface area contributed by atoms with E-state index in [1.54, 1.807) is 0 Å². The minimum absolute atomic E-state index is 0.209. The summed E-state index contributed by atoms with van der Waals surface area (Å²) >= 11 is 0. The molecule has 10 nitrogen and oxygen atoms in total. The molecule has 0 amide bonds. The van der Waals surface area contributed by atoms with Crippen molar-refractivity contribution in [2.75, 3.05) is 19.8 Å². The second-order valence-corrected chi connectivity index (χ2v) is 15.9. The molecule has 1 fully saturated rings. The van der Waals surface area contributed by atoms with Gasteiger partial charge in [0.2, 0.25) is 0 Å². The molecule has 2 unspecified atom stereocenters. The first-order valence-electron chi connectivity index (χ1n) is 22.6. The third kappa shape index (κ3) is 27.3. The summed E-state index contributed by atoms with van der Waals surface area (Å²) in [6, 6.07) is 0. The van der Waals surface area contributed by atoms with Crippen molar-refractivity contribution < 1.29 is 49.0 Å². The van der Waals surface area contributed by atoms with Gasteiger partial charge in [-0.3, -0.25) is 9.59 Å². The van der Waals surface area contributed by atoms with Crippen LogP contribution in [0.3, 0.4) is 0 Å². The largest absolute Gasteiger partial charge is 0.462 e. The molecule has 0 aliphatic carbocycles. The topological polar surface area (TPSA) is 152 Å². The van der Waals surface area contributed by atoms with Crippen molar-refractivity contribution in [2.24, 2.45) is 0 Å². The molecule has 0 spiro atoms. The van der Waals surface area contributed by atoms with E-state index in [2.05, 4.69) is 13.8 Å². The van der Waals surface area contributed by atoms with Crippen molar-refractivity contribution in [3.63, 3.8) is 0 Å². The molecule has 4 N–H and O–H groups in total. The average Bonchev–Trinajstić information content (AvgIpc) is 3.17. The van der Waals surface area contributed by atoms with Crippen LogP contribution in [0.4, 0.5) is 0 Å². The predicted octanol–water partition coefficient (Wildman–Crippen LogP) is 9.39. The second-order valence-electron chi connectivity index (χ2n) is 15.9. The van der Waals surface area contributed by atoms with E-state index in [0.29, 0.717) is 6.42 Å². The third-order valence-corrected chi connectivity index (χ3v) is 10.7. The zero-order valence-electron chi connectivity index (χ0n) is 34.7. The standard InChI is InChI=1S/C44H84O10/c1-3-5-7-9-11-13-14-15-16-17-18-19-20-21-22-23-25-26-28-30-32-39(46)51-35-37(36-52-44-43(50)42(49)41(48)38(34-45)54-44)53-40(47)33-31-29-27-24-12-10-8-6-4-2/h37-38,41-45,48-50H,3-36H2,1-2H3/t37-,38-,41+,42?,43?,44-/m0/s1. The monoisotopic (exact) mass is 773 g/mol. The quantitative estimate of drug-likeness (QED) is 0.0353. The molecule has 0 radical (unpaired) electrons. The Labute approximate surface area is 329 Å². The zero-order valence-corrected chi connectivity index (χ0v) is 34.7. The molecule has 320 valence electrons. The molecule has 10 heteroatoms. The zero-order chi connectivity index (χ0) is 39.5. The van der Waals surface area contributed by atoms with Gasteiger partial charge in [0.05, 0.1) is 13.2 Å². The van der Waals surface area contributed by atoms with Crippen LogP contribution in [0, 0.1) is 0 Å². The van der Waals surface area contributed by atoms with Crippen molar-refractivity contribution in [1.29, 1.82) is 0 Å². The van der Waals surface area contributed by atoms with Crippen LogP contribution in [0.1, 0.15) is 213 Å². The Hall–Kier alpha value is -1.30. The van der Waals surface area contributed by atoms with E-state index in [1.807, 2.05) is 0 Å². The Bertz CT molecular complexity index is 855. The van der Waals surface area contributed by atoms with Crippen molar-refractivity contribution in [2.45, 2.75) is 250 Å². The Balaban J connectivity index is 2.23. The van der Waals surface area contributed by atoms with Gasteiger partial charge in [-0.2, -0.15) is 0 Å². The number of hydrogen-bond donors (Lipinski definition) is 4. The number of carbonyl (C=O) groups excluding carboxylic acids is 2. The fourth-order valence-electron chi connectivity index (χ4n) is 7.13. The minimum atomic E-state index is -1.59. The van der Waals surface area contributed by atoms with Gasteiger partial charge in [-0.1, -0.05) is 187 Å². The van der Waals surface area contributed by atoms with E-state index in [0.717, 1.165) is 38.5 Å². The highest BCUT2D eigenvalue weighted by Crippen LogP contribution is 2.23. The Morgan fingerprint density at radius 2 is 0.870 bits per heavy atom. The summed E-state index contributed by atoms with van der Waals surface area (Å²) < 4.78 is 22.1. The molecule has 0 aromatic rings. The van der Waals surface area contributed by atoms with Gasteiger partial charge in [-0.15, -0.1) is 0 Å². The third-order valence-electron chi connectivity index (χ3n) is 10.7. The average molecular weight is 773 g/mol. The summed E-state index contributed by atoms with van der Waals surface area (Å²) in [7, 11) is 0. The molecule has 0 aromatic carbocycles. The molecule has 1 rings (SSSR count). The van der Waals surface area contributed by atoms with Gasteiger partial charge in [0, 0.05) is 12.8 Å². The maximum absolute atomic E-state index is 12.7. The lowest BCUT2D eigenvalue weighted by Gasteiger charge is -2.39. The fraction of sp³-hybridized carbons (Fsp3) is 0.955. The number of hydrogen-bond acceptors (Lipinski definition) is 10. The number of esters is 2. The van der Waals surface area contributed by atoms with Crippen LogP contribution < -0.4 is 0 Å². The first-order chi connectivity index (χ1) is 26.3. The lowest BCUT2D eigenvalue weighted by Crippen LogP contribution is -2.59. The molecule has 1 saturated heterocycles. The number of unbranched alkanes of at least 4 members (excludes halogenated alkanes) is 27. The van der Waals surface area contributed by atoms with E-state index in [-0.39, 0.29) is 32.0 Å². The molecule has 0 aromatic heterocycles. The van der Waals surface area contributed by atoms with Gasteiger partial charge in [-0.05, 0) is 12.8 Å². The summed E-state index contributed by atoms with van der Waals surface area (Å²) in [6.07, 6.45) is 28.4. The predicted molar refractivity (Wildman–Crippen MR) is 215 cm³/mol. The lowest BCUT2D eigenvalue weighted by atomic mass is 9.99. The van der Waals surface area contributed by atoms with Gasteiger partial charge in [-0.25, -0.2) is 0 Å². The van der Waals surface area contributed by atoms with Gasteiger partial charge in [0.25, 0.3) is 0 Å². The number of ether oxygens (including phenoxy) is 4.